The molecule has 0 spiro atoms. The fourth-order valence-corrected chi connectivity index (χ4v) is 5.04. The van der Waals surface area contributed by atoms with Crippen LogP contribution in [0.15, 0.2) is 70.3 Å². The minimum absolute atomic E-state index is 0.00783. The number of Topliss-reactive ketones (excluding diaryl/α,β-unsaturated/α-hetero) is 1. The van der Waals surface area contributed by atoms with Crippen LogP contribution in [0.25, 0.3) is 10.2 Å². The first-order valence-electron chi connectivity index (χ1n) is 11.0. The minimum Gasteiger partial charge on any atom is -0.503 e. The molecule has 7 nitrogen and oxygen atoms in total. The summed E-state index contributed by atoms with van der Waals surface area (Å²) in [4.78, 5) is 32.6. The molecule has 1 aliphatic heterocycles. The van der Waals surface area contributed by atoms with Gasteiger partial charge in [0.25, 0.3) is 5.91 Å². The van der Waals surface area contributed by atoms with Gasteiger partial charge in [0.2, 0.25) is 5.78 Å². The first-order chi connectivity index (χ1) is 16.9. The molecule has 2 aromatic heterocycles. The van der Waals surface area contributed by atoms with Crippen LogP contribution >= 0.6 is 11.3 Å². The van der Waals surface area contributed by atoms with E-state index < -0.39 is 29.3 Å². The van der Waals surface area contributed by atoms with Crippen molar-refractivity contribution in [2.45, 2.75) is 26.3 Å². The second-order valence-corrected chi connectivity index (χ2v) is 9.12. The quantitative estimate of drug-likeness (QED) is 0.323. The molecule has 0 bridgehead atoms. The number of amides is 1. The molecule has 0 saturated carbocycles. The van der Waals surface area contributed by atoms with E-state index in [9.17, 15) is 19.1 Å². The van der Waals surface area contributed by atoms with Gasteiger partial charge in [0, 0.05) is 0 Å². The molecule has 1 aliphatic rings. The Balaban J connectivity index is 1.66. The van der Waals surface area contributed by atoms with E-state index >= 15 is 0 Å². The Morgan fingerprint density at radius 3 is 2.80 bits per heavy atom. The van der Waals surface area contributed by atoms with Crippen molar-refractivity contribution < 1.29 is 28.2 Å². The van der Waals surface area contributed by atoms with E-state index in [2.05, 4.69) is 4.98 Å². The van der Waals surface area contributed by atoms with E-state index in [1.54, 1.807) is 37.3 Å². The van der Waals surface area contributed by atoms with Crippen LogP contribution in [0.5, 0.6) is 5.75 Å². The van der Waals surface area contributed by atoms with E-state index in [4.69, 9.17) is 9.15 Å². The third kappa shape index (κ3) is 4.08. The zero-order valence-electron chi connectivity index (χ0n) is 18.9. The predicted octanol–water partition coefficient (Wildman–Crippen LogP) is 5.91. The Labute approximate surface area is 204 Å². The normalized spacial score (nSPS) is 15.9. The summed E-state index contributed by atoms with van der Waals surface area (Å²) < 4.78 is 25.6. The van der Waals surface area contributed by atoms with E-state index in [1.807, 2.05) is 6.92 Å². The highest BCUT2D eigenvalue weighted by Crippen LogP contribution is 2.44. The van der Waals surface area contributed by atoms with Gasteiger partial charge in [0.05, 0.1) is 28.4 Å². The number of aliphatic hydroxyl groups excluding tert-OH is 1. The summed E-state index contributed by atoms with van der Waals surface area (Å²) in [6.45, 7) is 4.18. The number of ketones is 1. The summed E-state index contributed by atoms with van der Waals surface area (Å²) >= 11 is 1.09. The number of halogens is 1. The third-order valence-electron chi connectivity index (χ3n) is 5.61. The van der Waals surface area contributed by atoms with E-state index in [0.29, 0.717) is 33.9 Å². The number of carbonyl (C=O) groups excluding carboxylic acids is 2. The van der Waals surface area contributed by atoms with Crippen molar-refractivity contribution in [3.05, 3.63) is 88.8 Å². The molecule has 1 atom stereocenters. The van der Waals surface area contributed by atoms with Crippen molar-refractivity contribution >= 4 is 38.4 Å². The van der Waals surface area contributed by atoms with Crippen molar-refractivity contribution in [3.8, 4) is 5.75 Å². The molecule has 1 amide bonds. The summed E-state index contributed by atoms with van der Waals surface area (Å²) in [6, 6.07) is 13.3. The van der Waals surface area contributed by atoms with Crippen LogP contribution in [0.1, 0.15) is 41.3 Å². The van der Waals surface area contributed by atoms with Gasteiger partial charge in [-0.05, 0) is 61.4 Å². The van der Waals surface area contributed by atoms with E-state index in [-0.39, 0.29) is 16.5 Å². The van der Waals surface area contributed by atoms with Crippen LogP contribution in [-0.4, -0.2) is 28.4 Å². The molecule has 1 N–H and O–H groups in total. The van der Waals surface area contributed by atoms with Gasteiger partial charge in [-0.25, -0.2) is 9.37 Å². The third-order valence-corrected chi connectivity index (χ3v) is 6.63. The molecule has 35 heavy (non-hydrogen) atoms. The number of rotatable bonds is 7. The number of thiazole rings is 1. The molecule has 9 heteroatoms. The first kappa shape index (κ1) is 22.8. The Kier molecular flexibility index (Phi) is 5.86. The van der Waals surface area contributed by atoms with Crippen molar-refractivity contribution in [3.63, 3.8) is 0 Å². The smallest absolute Gasteiger partial charge is 0.296 e. The lowest BCUT2D eigenvalue weighted by Gasteiger charge is -2.24. The van der Waals surface area contributed by atoms with Crippen molar-refractivity contribution in [2.75, 3.05) is 11.5 Å². The van der Waals surface area contributed by atoms with Crippen molar-refractivity contribution in [1.29, 1.82) is 0 Å². The van der Waals surface area contributed by atoms with Gasteiger partial charge < -0.3 is 14.3 Å². The molecular weight excluding hydrogens is 471 g/mol. The minimum atomic E-state index is -0.990. The molecule has 1 unspecified atom stereocenters. The van der Waals surface area contributed by atoms with Crippen LogP contribution in [-0.2, 0) is 4.79 Å². The van der Waals surface area contributed by atoms with Gasteiger partial charge in [-0.3, -0.25) is 14.5 Å². The number of aromatic nitrogens is 1. The molecule has 3 heterocycles. The predicted molar refractivity (Wildman–Crippen MR) is 129 cm³/mol. The SMILES string of the molecule is CCCOc1cccc(C2C(C(=O)c3ccc(C)o3)=C(O)C(=O)N2c2nc3ccc(F)cc3s2)c1. The zero-order valence-corrected chi connectivity index (χ0v) is 19.8. The van der Waals surface area contributed by atoms with Crippen LogP contribution < -0.4 is 9.64 Å². The number of ether oxygens (including phenoxy) is 1. The Morgan fingerprint density at radius 1 is 1.23 bits per heavy atom. The lowest BCUT2D eigenvalue weighted by molar-refractivity contribution is -0.117. The number of anilines is 1. The molecule has 0 aliphatic carbocycles. The Morgan fingerprint density at radius 2 is 2.06 bits per heavy atom. The molecule has 0 radical (unpaired) electrons. The lowest BCUT2D eigenvalue weighted by Crippen LogP contribution is -2.31. The standard InChI is InChI=1S/C26H21FN2O5S/c1-3-11-33-17-6-4-5-15(12-17)22-21(23(30)19-10-7-14(2)34-19)24(31)25(32)29(22)26-28-18-9-8-16(27)13-20(18)35-26/h4-10,12-13,22,31H,3,11H2,1-2H3. The highest BCUT2D eigenvalue weighted by molar-refractivity contribution is 7.22. The number of hydrogen-bond acceptors (Lipinski definition) is 7. The van der Waals surface area contributed by atoms with Crippen LogP contribution in [0.4, 0.5) is 9.52 Å². The molecule has 0 fully saturated rings. The first-order valence-corrected chi connectivity index (χ1v) is 11.9. The highest BCUT2D eigenvalue weighted by atomic mass is 32.1. The average Bonchev–Trinajstić information content (AvgIpc) is 3.53. The maximum absolute atomic E-state index is 13.8. The van der Waals surface area contributed by atoms with Gasteiger partial charge in [-0.15, -0.1) is 0 Å². The van der Waals surface area contributed by atoms with Crippen molar-refractivity contribution in [2.24, 2.45) is 0 Å². The number of aryl methyl sites for hydroxylation is 1. The largest absolute Gasteiger partial charge is 0.503 e. The number of fused-ring (bicyclic) bond motifs is 1. The monoisotopic (exact) mass is 492 g/mol. The number of nitrogens with zero attached hydrogens (tertiary/aromatic N) is 2. The van der Waals surface area contributed by atoms with E-state index in [1.165, 1.54) is 29.2 Å². The lowest BCUT2D eigenvalue weighted by atomic mass is 9.95. The second kappa shape index (κ2) is 8.99. The molecule has 4 aromatic rings. The van der Waals surface area contributed by atoms with Gasteiger partial charge in [0.15, 0.2) is 16.7 Å². The number of benzene rings is 2. The molecule has 178 valence electrons. The summed E-state index contributed by atoms with van der Waals surface area (Å²) in [6.07, 6.45) is 0.808. The van der Waals surface area contributed by atoms with Crippen LogP contribution in [0.3, 0.4) is 0 Å². The van der Waals surface area contributed by atoms with Crippen molar-refractivity contribution in [1.82, 2.24) is 4.98 Å². The summed E-state index contributed by atoms with van der Waals surface area (Å²) in [5.74, 6) is -1.40. The summed E-state index contributed by atoms with van der Waals surface area (Å²) in [5, 5.41) is 11.1. The number of aliphatic hydroxyl groups is 1. The van der Waals surface area contributed by atoms with Gasteiger partial charge in [0.1, 0.15) is 17.3 Å². The molecule has 5 rings (SSSR count). The maximum Gasteiger partial charge on any atom is 0.296 e. The average molecular weight is 493 g/mol. The number of hydrogen-bond donors (Lipinski definition) is 1. The summed E-state index contributed by atoms with van der Waals surface area (Å²) in [5.41, 5.74) is 0.925. The molecule has 0 saturated heterocycles. The topological polar surface area (TPSA) is 92.9 Å². The van der Waals surface area contributed by atoms with Gasteiger partial charge >= 0.3 is 0 Å². The van der Waals surface area contributed by atoms with Gasteiger partial charge in [-0.1, -0.05) is 30.4 Å². The van der Waals surface area contributed by atoms with Gasteiger partial charge in [-0.2, -0.15) is 0 Å². The number of carbonyl (C=O) groups is 2. The fourth-order valence-electron chi connectivity index (χ4n) is 4.02. The van der Waals surface area contributed by atoms with Crippen LogP contribution in [0, 0.1) is 12.7 Å². The number of furan rings is 1. The maximum atomic E-state index is 13.8. The Hall–Kier alpha value is -3.98. The Bertz CT molecular complexity index is 1490. The fraction of sp³-hybridized carbons (Fsp3) is 0.192. The zero-order chi connectivity index (χ0) is 24.7. The second-order valence-electron chi connectivity index (χ2n) is 8.11. The van der Waals surface area contributed by atoms with Crippen LogP contribution in [0.2, 0.25) is 0 Å². The van der Waals surface area contributed by atoms with E-state index in [0.717, 1.165) is 17.8 Å². The molecule has 2 aromatic carbocycles. The summed E-state index contributed by atoms with van der Waals surface area (Å²) in [7, 11) is 0. The molecular formula is C26H21FN2O5S. The highest BCUT2D eigenvalue weighted by Gasteiger charge is 2.46.